The number of nitrogens with zero attached hydrogens (tertiary/aromatic N) is 1. The van der Waals surface area contributed by atoms with E-state index in [1.807, 2.05) is 30.3 Å². The Morgan fingerprint density at radius 1 is 1.07 bits per heavy atom. The normalized spacial score (nSPS) is 17.8. The molecule has 0 saturated carbocycles. The summed E-state index contributed by atoms with van der Waals surface area (Å²) >= 11 is 12.3. The molecule has 0 aromatic heterocycles. The lowest BCUT2D eigenvalue weighted by atomic mass is 9.99. The molecule has 0 radical (unpaired) electrons. The van der Waals surface area contributed by atoms with Gasteiger partial charge in [0.25, 0.3) is 0 Å². The second-order valence-electron chi connectivity index (χ2n) is 7.18. The van der Waals surface area contributed by atoms with E-state index in [-0.39, 0.29) is 24.1 Å². The van der Waals surface area contributed by atoms with Crippen LogP contribution in [0.4, 0.5) is 0 Å². The fourth-order valence-corrected chi connectivity index (χ4v) is 5.83. The lowest BCUT2D eigenvalue weighted by Crippen LogP contribution is -2.46. The van der Waals surface area contributed by atoms with Gasteiger partial charge in [0, 0.05) is 35.2 Å². The quantitative estimate of drug-likeness (QED) is 0.689. The highest BCUT2D eigenvalue weighted by Gasteiger charge is 2.33. The van der Waals surface area contributed by atoms with Crippen LogP contribution in [0.2, 0.25) is 10.0 Å². The first-order chi connectivity index (χ1) is 13.9. The fourth-order valence-electron chi connectivity index (χ4n) is 3.47. The monoisotopic (exact) mass is 454 g/mol. The van der Waals surface area contributed by atoms with Crippen molar-refractivity contribution in [2.45, 2.75) is 25.0 Å². The van der Waals surface area contributed by atoms with Crippen molar-refractivity contribution < 1.29 is 13.2 Å². The van der Waals surface area contributed by atoms with Crippen LogP contribution < -0.4 is 5.32 Å². The van der Waals surface area contributed by atoms with Crippen molar-refractivity contribution >= 4 is 39.1 Å². The molecule has 156 valence electrons. The lowest BCUT2D eigenvalue weighted by molar-refractivity contribution is -0.126. The Labute approximate surface area is 182 Å². The zero-order valence-corrected chi connectivity index (χ0v) is 18.3. The van der Waals surface area contributed by atoms with Crippen molar-refractivity contribution in [1.82, 2.24) is 9.62 Å². The van der Waals surface area contributed by atoms with Gasteiger partial charge in [-0.05, 0) is 37.0 Å². The van der Waals surface area contributed by atoms with Crippen LogP contribution in [0.25, 0.3) is 0 Å². The predicted octanol–water partition coefficient (Wildman–Crippen LogP) is 3.89. The molecule has 1 aliphatic rings. The van der Waals surface area contributed by atoms with Gasteiger partial charge in [-0.3, -0.25) is 4.79 Å². The van der Waals surface area contributed by atoms with Crippen molar-refractivity contribution in [1.29, 1.82) is 0 Å². The van der Waals surface area contributed by atoms with Gasteiger partial charge in [0.1, 0.15) is 0 Å². The van der Waals surface area contributed by atoms with Crippen LogP contribution in [0.5, 0.6) is 0 Å². The predicted molar refractivity (Wildman–Crippen MR) is 117 cm³/mol. The maximum Gasteiger partial charge on any atom is 0.224 e. The highest BCUT2D eigenvalue weighted by molar-refractivity contribution is 7.88. The minimum atomic E-state index is -3.63. The van der Waals surface area contributed by atoms with Gasteiger partial charge >= 0.3 is 0 Å². The largest absolute Gasteiger partial charge is 0.355 e. The molecule has 1 aliphatic heterocycles. The topological polar surface area (TPSA) is 66.5 Å². The van der Waals surface area contributed by atoms with Crippen molar-refractivity contribution in [3.63, 3.8) is 0 Å². The van der Waals surface area contributed by atoms with E-state index in [9.17, 15) is 13.2 Å². The van der Waals surface area contributed by atoms with Crippen molar-refractivity contribution in [3.8, 4) is 0 Å². The van der Waals surface area contributed by atoms with Gasteiger partial charge in [-0.15, -0.1) is 0 Å². The summed E-state index contributed by atoms with van der Waals surface area (Å²) in [7, 11) is -3.63. The van der Waals surface area contributed by atoms with Crippen LogP contribution in [-0.4, -0.2) is 38.3 Å². The first-order valence-corrected chi connectivity index (χ1v) is 12.0. The van der Waals surface area contributed by atoms with E-state index >= 15 is 0 Å². The maximum atomic E-state index is 12.9. The minimum absolute atomic E-state index is 0.100. The Kier molecular flexibility index (Phi) is 7.57. The minimum Gasteiger partial charge on any atom is -0.355 e. The summed E-state index contributed by atoms with van der Waals surface area (Å²) in [5, 5.41) is 3.59. The van der Waals surface area contributed by atoms with Crippen molar-refractivity contribution in [2.24, 2.45) is 5.92 Å². The SMILES string of the molecule is O=C(NCCc1ccccc1)C1CCCN(S(=O)(=O)Cc2c(Cl)cccc2Cl)C1. The number of rotatable bonds is 7. The molecule has 1 saturated heterocycles. The molecule has 1 unspecified atom stereocenters. The molecule has 8 heteroatoms. The number of carbonyl (C=O) groups is 1. The second kappa shape index (κ2) is 9.94. The zero-order valence-electron chi connectivity index (χ0n) is 16.0. The van der Waals surface area contributed by atoms with E-state index < -0.39 is 10.0 Å². The summed E-state index contributed by atoms with van der Waals surface area (Å²) in [6.07, 6.45) is 2.06. The standard InChI is InChI=1S/C21H24Cl2N2O3S/c22-19-9-4-10-20(23)18(19)15-29(27,28)25-13-5-8-17(14-25)21(26)24-12-11-16-6-2-1-3-7-16/h1-4,6-7,9-10,17H,5,8,11-15H2,(H,24,26). The highest BCUT2D eigenvalue weighted by Crippen LogP contribution is 2.29. The molecule has 1 amide bonds. The summed E-state index contributed by atoms with van der Waals surface area (Å²) in [6, 6.07) is 14.8. The maximum absolute atomic E-state index is 12.9. The van der Waals surface area contributed by atoms with Crippen LogP contribution >= 0.6 is 23.2 Å². The third-order valence-electron chi connectivity index (χ3n) is 5.09. The number of halogens is 2. The average Bonchev–Trinajstić information content (AvgIpc) is 2.72. The number of piperidine rings is 1. The van der Waals surface area contributed by atoms with E-state index in [1.54, 1.807) is 18.2 Å². The Morgan fingerprint density at radius 3 is 2.45 bits per heavy atom. The molecule has 5 nitrogen and oxygen atoms in total. The first kappa shape index (κ1) is 22.1. The molecule has 2 aromatic rings. The average molecular weight is 455 g/mol. The van der Waals surface area contributed by atoms with Crippen molar-refractivity contribution in [2.75, 3.05) is 19.6 Å². The van der Waals surface area contributed by atoms with Gasteiger partial charge in [0.15, 0.2) is 0 Å². The highest BCUT2D eigenvalue weighted by atomic mass is 35.5. The number of benzene rings is 2. The molecule has 0 aliphatic carbocycles. The molecule has 29 heavy (non-hydrogen) atoms. The van der Waals surface area contributed by atoms with Gasteiger partial charge in [-0.25, -0.2) is 12.7 Å². The third kappa shape index (κ3) is 5.95. The van der Waals surface area contributed by atoms with Crippen LogP contribution in [0, 0.1) is 5.92 Å². The number of hydrogen-bond donors (Lipinski definition) is 1. The van der Waals surface area contributed by atoms with E-state index in [4.69, 9.17) is 23.2 Å². The molecule has 1 fully saturated rings. The molecular formula is C21H24Cl2N2O3S. The summed E-state index contributed by atoms with van der Waals surface area (Å²) in [5.74, 6) is -0.721. The number of nitrogens with one attached hydrogen (secondary N) is 1. The summed E-state index contributed by atoms with van der Waals surface area (Å²) in [4.78, 5) is 12.6. The molecular weight excluding hydrogens is 431 g/mol. The third-order valence-corrected chi connectivity index (χ3v) is 7.57. The van der Waals surface area contributed by atoms with E-state index in [0.29, 0.717) is 41.5 Å². The number of amides is 1. The summed E-state index contributed by atoms with van der Waals surface area (Å²) in [5.41, 5.74) is 1.54. The summed E-state index contributed by atoms with van der Waals surface area (Å²) in [6.45, 7) is 1.11. The Bertz CT molecular complexity index is 931. The molecule has 1 heterocycles. The van der Waals surface area contributed by atoms with Gasteiger partial charge in [0.05, 0.1) is 11.7 Å². The van der Waals surface area contributed by atoms with Crippen LogP contribution in [-0.2, 0) is 27.0 Å². The smallest absolute Gasteiger partial charge is 0.224 e. The van der Waals surface area contributed by atoms with Gasteiger partial charge < -0.3 is 5.32 Å². The van der Waals surface area contributed by atoms with Crippen LogP contribution in [0.1, 0.15) is 24.0 Å². The first-order valence-electron chi connectivity index (χ1n) is 9.59. The van der Waals surface area contributed by atoms with E-state index in [1.165, 1.54) is 4.31 Å². The van der Waals surface area contributed by atoms with Gasteiger partial charge in [-0.1, -0.05) is 59.6 Å². The van der Waals surface area contributed by atoms with Gasteiger partial charge in [-0.2, -0.15) is 0 Å². The van der Waals surface area contributed by atoms with Crippen LogP contribution in [0.15, 0.2) is 48.5 Å². The Morgan fingerprint density at radius 2 is 1.76 bits per heavy atom. The molecule has 3 rings (SSSR count). The second-order valence-corrected chi connectivity index (χ2v) is 9.96. The Balaban J connectivity index is 1.58. The number of carbonyl (C=O) groups excluding carboxylic acids is 1. The van der Waals surface area contributed by atoms with Crippen molar-refractivity contribution in [3.05, 3.63) is 69.7 Å². The van der Waals surface area contributed by atoms with E-state index in [2.05, 4.69) is 5.32 Å². The molecule has 1 atom stereocenters. The fraction of sp³-hybridized carbons (Fsp3) is 0.381. The van der Waals surface area contributed by atoms with E-state index in [0.717, 1.165) is 12.0 Å². The van der Waals surface area contributed by atoms with Gasteiger partial charge in [0.2, 0.25) is 15.9 Å². The molecule has 2 aromatic carbocycles. The molecule has 0 spiro atoms. The molecule has 0 bridgehead atoms. The molecule has 1 N–H and O–H groups in total. The lowest BCUT2D eigenvalue weighted by Gasteiger charge is -2.31. The number of sulfonamides is 1. The summed E-state index contributed by atoms with van der Waals surface area (Å²) < 4.78 is 27.2. The zero-order chi connectivity index (χ0) is 20.9. The number of hydrogen-bond acceptors (Lipinski definition) is 3. The van der Waals surface area contributed by atoms with Crippen LogP contribution in [0.3, 0.4) is 0 Å². The Hall–Kier alpha value is -1.60.